The predicted molar refractivity (Wildman–Crippen MR) is 84.2 cm³/mol. The number of likely N-dealkylation sites (tertiary alicyclic amines) is 1. The fraction of sp³-hybridized carbons (Fsp3) is 0.625. The van der Waals surface area contributed by atoms with Crippen molar-refractivity contribution in [3.63, 3.8) is 0 Å². The quantitative estimate of drug-likeness (QED) is 0.785. The summed E-state index contributed by atoms with van der Waals surface area (Å²) in [6.07, 6.45) is 1.62. The molecule has 0 unspecified atom stereocenters. The zero-order valence-corrected chi connectivity index (χ0v) is 13.3. The number of halogens is 1. The number of aliphatic hydroxyl groups excluding tert-OH is 1. The summed E-state index contributed by atoms with van der Waals surface area (Å²) in [7, 11) is 0. The highest BCUT2D eigenvalue weighted by Gasteiger charge is 2.16. The average Bonchev–Trinajstić information content (AvgIpc) is 2.48. The van der Waals surface area contributed by atoms with Crippen LogP contribution in [0.5, 0.6) is 5.75 Å². The van der Waals surface area contributed by atoms with Gasteiger partial charge in [0.05, 0.1) is 24.3 Å². The molecule has 0 spiro atoms. The lowest BCUT2D eigenvalue weighted by Gasteiger charge is -2.29. The number of nitrogens with zero attached hydrogens (tertiary/aromatic N) is 1. The first kappa shape index (κ1) is 16.6. The van der Waals surface area contributed by atoms with E-state index in [0.29, 0.717) is 30.6 Å². The Hall–Kier alpha value is -0.810. The van der Waals surface area contributed by atoms with E-state index >= 15 is 0 Å². The van der Waals surface area contributed by atoms with Gasteiger partial charge in [0.25, 0.3) is 0 Å². The van der Waals surface area contributed by atoms with Gasteiger partial charge < -0.3 is 19.5 Å². The van der Waals surface area contributed by atoms with Crippen LogP contribution in [0, 0.1) is 6.92 Å². The molecule has 0 bridgehead atoms. The van der Waals surface area contributed by atoms with Crippen molar-refractivity contribution in [2.45, 2.75) is 25.9 Å². The summed E-state index contributed by atoms with van der Waals surface area (Å²) in [4.78, 5) is 2.32. The second-order valence-corrected chi connectivity index (χ2v) is 5.87. The van der Waals surface area contributed by atoms with Crippen LogP contribution < -0.4 is 4.74 Å². The molecule has 0 saturated carbocycles. The molecule has 1 aromatic carbocycles. The minimum absolute atomic E-state index is 0.116. The second-order valence-electron chi connectivity index (χ2n) is 5.47. The van der Waals surface area contributed by atoms with E-state index in [-0.39, 0.29) is 6.10 Å². The Balaban J connectivity index is 1.55. The Morgan fingerprint density at radius 1 is 1.24 bits per heavy atom. The zero-order chi connectivity index (χ0) is 15.1. The van der Waals surface area contributed by atoms with E-state index in [9.17, 15) is 5.11 Å². The minimum atomic E-state index is -0.116. The van der Waals surface area contributed by atoms with Gasteiger partial charge in [0.2, 0.25) is 0 Å². The SMILES string of the molecule is Cc1ccc(Cl)c(OCCOCCN2CCC(O)CC2)c1. The van der Waals surface area contributed by atoms with Crippen molar-refractivity contribution >= 4 is 11.6 Å². The minimum Gasteiger partial charge on any atom is -0.490 e. The molecule has 2 rings (SSSR count). The molecule has 4 nitrogen and oxygen atoms in total. The van der Waals surface area contributed by atoms with Gasteiger partial charge in [-0.15, -0.1) is 0 Å². The summed E-state index contributed by atoms with van der Waals surface area (Å²) in [5, 5.41) is 10.1. The van der Waals surface area contributed by atoms with Gasteiger partial charge in [-0.25, -0.2) is 0 Å². The molecule has 5 heteroatoms. The first-order valence-corrected chi connectivity index (χ1v) is 7.90. The van der Waals surface area contributed by atoms with Gasteiger partial charge in [-0.05, 0) is 37.5 Å². The first-order valence-electron chi connectivity index (χ1n) is 7.52. The van der Waals surface area contributed by atoms with Crippen LogP contribution in [0.3, 0.4) is 0 Å². The molecule has 1 saturated heterocycles. The van der Waals surface area contributed by atoms with Crippen molar-refractivity contribution in [2.75, 3.05) is 39.5 Å². The van der Waals surface area contributed by atoms with Crippen LogP contribution in [0.25, 0.3) is 0 Å². The van der Waals surface area contributed by atoms with Crippen LogP contribution >= 0.6 is 11.6 Å². The number of benzene rings is 1. The summed E-state index contributed by atoms with van der Waals surface area (Å²) in [5.41, 5.74) is 1.13. The van der Waals surface area contributed by atoms with Crippen molar-refractivity contribution in [1.29, 1.82) is 0 Å². The molecule has 0 atom stereocenters. The lowest BCUT2D eigenvalue weighted by molar-refractivity contribution is 0.0480. The Morgan fingerprint density at radius 2 is 2.00 bits per heavy atom. The third-order valence-corrected chi connectivity index (χ3v) is 3.99. The maximum atomic E-state index is 9.43. The van der Waals surface area contributed by atoms with Crippen LogP contribution in [-0.2, 0) is 4.74 Å². The van der Waals surface area contributed by atoms with Gasteiger partial charge in [0.15, 0.2) is 0 Å². The van der Waals surface area contributed by atoms with Crippen LogP contribution in [0.2, 0.25) is 5.02 Å². The molecule has 1 aliphatic rings. The van der Waals surface area contributed by atoms with Crippen molar-refractivity contribution < 1.29 is 14.6 Å². The molecule has 1 aromatic rings. The third-order valence-electron chi connectivity index (χ3n) is 3.68. The molecular formula is C16H24ClNO3. The molecule has 0 radical (unpaired) electrons. The summed E-state index contributed by atoms with van der Waals surface area (Å²) >= 11 is 6.06. The number of hydrogen-bond donors (Lipinski definition) is 1. The number of aliphatic hydroxyl groups is 1. The number of aryl methyl sites for hydroxylation is 1. The van der Waals surface area contributed by atoms with E-state index in [1.807, 2.05) is 25.1 Å². The van der Waals surface area contributed by atoms with Crippen molar-refractivity contribution in [2.24, 2.45) is 0 Å². The van der Waals surface area contributed by atoms with E-state index in [1.165, 1.54) is 0 Å². The highest BCUT2D eigenvalue weighted by atomic mass is 35.5. The molecule has 1 aliphatic heterocycles. The van der Waals surface area contributed by atoms with Crippen LogP contribution in [0.15, 0.2) is 18.2 Å². The lowest BCUT2D eigenvalue weighted by Crippen LogP contribution is -2.37. The Labute approximate surface area is 131 Å². The molecule has 21 heavy (non-hydrogen) atoms. The summed E-state index contributed by atoms with van der Waals surface area (Å²) in [6, 6.07) is 5.74. The van der Waals surface area contributed by atoms with E-state index in [1.54, 1.807) is 0 Å². The molecule has 1 fully saturated rings. The van der Waals surface area contributed by atoms with E-state index in [4.69, 9.17) is 21.1 Å². The van der Waals surface area contributed by atoms with Crippen LogP contribution in [0.1, 0.15) is 18.4 Å². The maximum Gasteiger partial charge on any atom is 0.138 e. The fourth-order valence-corrected chi connectivity index (χ4v) is 2.54. The van der Waals surface area contributed by atoms with E-state index < -0.39 is 0 Å². The predicted octanol–water partition coefficient (Wildman–Crippen LogP) is 2.50. The molecule has 0 amide bonds. The average molecular weight is 314 g/mol. The largest absolute Gasteiger partial charge is 0.490 e. The number of hydrogen-bond acceptors (Lipinski definition) is 4. The van der Waals surface area contributed by atoms with Crippen LogP contribution in [-0.4, -0.2) is 55.6 Å². The van der Waals surface area contributed by atoms with Crippen molar-refractivity contribution in [3.05, 3.63) is 28.8 Å². The summed E-state index contributed by atoms with van der Waals surface area (Å²) < 4.78 is 11.2. The van der Waals surface area contributed by atoms with Gasteiger partial charge >= 0.3 is 0 Å². The van der Waals surface area contributed by atoms with Gasteiger partial charge in [-0.1, -0.05) is 17.7 Å². The van der Waals surface area contributed by atoms with Gasteiger partial charge in [-0.2, -0.15) is 0 Å². The number of ether oxygens (including phenoxy) is 2. The van der Waals surface area contributed by atoms with Crippen molar-refractivity contribution in [3.8, 4) is 5.75 Å². The van der Waals surface area contributed by atoms with Gasteiger partial charge in [-0.3, -0.25) is 0 Å². The van der Waals surface area contributed by atoms with Gasteiger partial charge in [0, 0.05) is 19.6 Å². The molecule has 0 aliphatic carbocycles. The Bertz CT molecular complexity index is 434. The highest BCUT2D eigenvalue weighted by molar-refractivity contribution is 6.32. The lowest BCUT2D eigenvalue weighted by atomic mass is 10.1. The van der Waals surface area contributed by atoms with Crippen molar-refractivity contribution in [1.82, 2.24) is 4.90 Å². The molecule has 0 aromatic heterocycles. The maximum absolute atomic E-state index is 9.43. The van der Waals surface area contributed by atoms with E-state index in [0.717, 1.165) is 38.0 Å². The molecule has 118 valence electrons. The third kappa shape index (κ3) is 5.83. The molecular weight excluding hydrogens is 290 g/mol. The van der Waals surface area contributed by atoms with Crippen LogP contribution in [0.4, 0.5) is 0 Å². The zero-order valence-electron chi connectivity index (χ0n) is 12.6. The first-order chi connectivity index (χ1) is 10.1. The molecule has 1 heterocycles. The van der Waals surface area contributed by atoms with Gasteiger partial charge in [0.1, 0.15) is 12.4 Å². The summed E-state index contributed by atoms with van der Waals surface area (Å²) in [5.74, 6) is 0.713. The van der Waals surface area contributed by atoms with E-state index in [2.05, 4.69) is 4.90 Å². The smallest absolute Gasteiger partial charge is 0.138 e. The number of rotatable bonds is 7. The summed E-state index contributed by atoms with van der Waals surface area (Å²) in [6.45, 7) is 6.59. The molecule has 1 N–H and O–H groups in total. The number of piperidine rings is 1. The highest BCUT2D eigenvalue weighted by Crippen LogP contribution is 2.24. The topological polar surface area (TPSA) is 41.9 Å². The Morgan fingerprint density at radius 3 is 2.76 bits per heavy atom. The Kier molecular flexibility index (Phi) is 6.77. The fourth-order valence-electron chi connectivity index (χ4n) is 2.37. The standard InChI is InChI=1S/C16H24ClNO3/c1-13-2-3-15(17)16(12-13)21-11-10-20-9-8-18-6-4-14(19)5-7-18/h2-3,12,14,19H,4-11H2,1H3. The normalized spacial score (nSPS) is 17.1. The second kappa shape index (κ2) is 8.59. The monoisotopic (exact) mass is 313 g/mol.